The van der Waals surface area contributed by atoms with Crippen LogP contribution in [-0.4, -0.2) is 31.5 Å². The molecule has 20 heavy (non-hydrogen) atoms. The molecule has 108 valence electrons. The highest BCUT2D eigenvalue weighted by molar-refractivity contribution is 5.81. The van der Waals surface area contributed by atoms with Gasteiger partial charge in [-0.25, -0.2) is 0 Å². The third-order valence-electron chi connectivity index (χ3n) is 5.22. The summed E-state index contributed by atoms with van der Waals surface area (Å²) < 4.78 is 5.37. The van der Waals surface area contributed by atoms with Crippen LogP contribution in [0.2, 0.25) is 0 Å². The van der Waals surface area contributed by atoms with E-state index in [1.54, 1.807) is 7.11 Å². The van der Waals surface area contributed by atoms with Gasteiger partial charge in [0.2, 0.25) is 5.91 Å². The maximum Gasteiger partial charge on any atom is 0.226 e. The summed E-state index contributed by atoms with van der Waals surface area (Å²) in [5.74, 6) is 1.39. The predicted octanol–water partition coefficient (Wildman–Crippen LogP) is 2.99. The summed E-state index contributed by atoms with van der Waals surface area (Å²) in [6.45, 7) is 0.890. The van der Waals surface area contributed by atoms with Crippen LogP contribution in [-0.2, 0) is 10.2 Å². The summed E-state index contributed by atoms with van der Waals surface area (Å²) in [4.78, 5) is 14.6. The molecule has 0 bridgehead atoms. The molecule has 3 nitrogen and oxygen atoms in total. The average molecular weight is 273 g/mol. The fourth-order valence-electron chi connectivity index (χ4n) is 4.16. The van der Waals surface area contributed by atoms with Gasteiger partial charge in [-0.1, -0.05) is 18.6 Å². The van der Waals surface area contributed by atoms with E-state index in [9.17, 15) is 4.79 Å². The van der Waals surface area contributed by atoms with Crippen LogP contribution in [0.4, 0.5) is 0 Å². The molecule has 0 radical (unpaired) electrons. The Labute approximate surface area is 120 Å². The van der Waals surface area contributed by atoms with Gasteiger partial charge in [-0.2, -0.15) is 0 Å². The minimum atomic E-state index is 0.0381. The average Bonchev–Trinajstić information content (AvgIpc) is 2.86. The normalized spacial score (nSPS) is 30.0. The molecular formula is C17H23NO2. The summed E-state index contributed by atoms with van der Waals surface area (Å²) in [5, 5.41) is 0. The van der Waals surface area contributed by atoms with Gasteiger partial charge in [-0.3, -0.25) is 4.79 Å². The smallest absolute Gasteiger partial charge is 0.226 e. The van der Waals surface area contributed by atoms with Gasteiger partial charge in [0.05, 0.1) is 7.11 Å². The van der Waals surface area contributed by atoms with Crippen LogP contribution >= 0.6 is 0 Å². The zero-order chi connectivity index (χ0) is 14.2. The lowest BCUT2D eigenvalue weighted by Gasteiger charge is -2.34. The lowest BCUT2D eigenvalue weighted by Crippen LogP contribution is -2.39. The summed E-state index contributed by atoms with van der Waals surface area (Å²) >= 11 is 0. The molecule has 0 unspecified atom stereocenters. The quantitative estimate of drug-likeness (QED) is 0.829. The van der Waals surface area contributed by atoms with Gasteiger partial charge >= 0.3 is 0 Å². The van der Waals surface area contributed by atoms with Crippen LogP contribution in [0.25, 0.3) is 0 Å². The molecule has 0 N–H and O–H groups in total. The lowest BCUT2D eigenvalue weighted by atomic mass is 9.69. The second-order valence-corrected chi connectivity index (χ2v) is 6.20. The standard InChI is InChI=1S/C17H23NO2/c1-18-11-5-10-17(9-4-8-15(17)16(18)19)13-6-3-7-14(12-13)20-2/h3,6-7,12,15H,4-5,8-11H2,1-2H3/t15-,17+/m1/s1. The number of ether oxygens (including phenoxy) is 1. The van der Waals surface area contributed by atoms with E-state index < -0.39 is 0 Å². The molecule has 3 rings (SSSR count). The fourth-order valence-corrected chi connectivity index (χ4v) is 4.16. The molecule has 2 aliphatic rings. The zero-order valence-electron chi connectivity index (χ0n) is 12.4. The molecule has 1 saturated heterocycles. The first kappa shape index (κ1) is 13.5. The van der Waals surface area contributed by atoms with Crippen molar-refractivity contribution in [3.05, 3.63) is 29.8 Å². The Bertz CT molecular complexity index is 513. The highest BCUT2D eigenvalue weighted by atomic mass is 16.5. The van der Waals surface area contributed by atoms with Crippen molar-refractivity contribution in [2.75, 3.05) is 20.7 Å². The van der Waals surface area contributed by atoms with Gasteiger partial charge in [-0.05, 0) is 43.4 Å². The van der Waals surface area contributed by atoms with E-state index in [1.807, 2.05) is 18.0 Å². The number of carbonyl (C=O) groups is 1. The van der Waals surface area contributed by atoms with Crippen LogP contribution in [0.3, 0.4) is 0 Å². The Morgan fingerprint density at radius 1 is 1.30 bits per heavy atom. The molecule has 3 heteroatoms. The topological polar surface area (TPSA) is 29.5 Å². The van der Waals surface area contributed by atoms with Crippen molar-refractivity contribution < 1.29 is 9.53 Å². The van der Waals surface area contributed by atoms with E-state index in [4.69, 9.17) is 4.74 Å². The number of rotatable bonds is 2. The molecule has 1 heterocycles. The van der Waals surface area contributed by atoms with Crippen LogP contribution in [0.5, 0.6) is 5.75 Å². The number of hydrogen-bond donors (Lipinski definition) is 0. The van der Waals surface area contributed by atoms with E-state index in [0.717, 1.165) is 44.4 Å². The number of amides is 1. The number of hydrogen-bond acceptors (Lipinski definition) is 2. The highest BCUT2D eigenvalue weighted by Gasteiger charge is 2.49. The Balaban J connectivity index is 2.05. The number of methoxy groups -OCH3 is 1. The van der Waals surface area contributed by atoms with Gasteiger partial charge < -0.3 is 9.64 Å². The molecule has 2 fully saturated rings. The maximum absolute atomic E-state index is 12.7. The Morgan fingerprint density at radius 2 is 2.10 bits per heavy atom. The Hall–Kier alpha value is -1.51. The largest absolute Gasteiger partial charge is 0.497 e. The summed E-state index contributed by atoms with van der Waals surface area (Å²) in [5.41, 5.74) is 1.33. The molecule has 1 aromatic carbocycles. The molecule has 1 aliphatic carbocycles. The molecule has 1 aliphatic heterocycles. The van der Waals surface area contributed by atoms with Gasteiger partial charge in [-0.15, -0.1) is 0 Å². The minimum absolute atomic E-state index is 0.0381. The second kappa shape index (κ2) is 5.12. The fraction of sp³-hybridized carbons (Fsp3) is 0.588. The number of benzene rings is 1. The van der Waals surface area contributed by atoms with Gasteiger partial charge in [0, 0.05) is 24.9 Å². The molecule has 0 spiro atoms. The van der Waals surface area contributed by atoms with E-state index in [1.165, 1.54) is 5.56 Å². The first-order valence-corrected chi connectivity index (χ1v) is 7.57. The van der Waals surface area contributed by atoms with Crippen LogP contribution in [0, 0.1) is 5.92 Å². The van der Waals surface area contributed by atoms with E-state index in [-0.39, 0.29) is 11.3 Å². The predicted molar refractivity (Wildman–Crippen MR) is 78.9 cm³/mol. The number of nitrogens with zero attached hydrogens (tertiary/aromatic N) is 1. The van der Waals surface area contributed by atoms with Crippen molar-refractivity contribution in [1.82, 2.24) is 4.90 Å². The van der Waals surface area contributed by atoms with Gasteiger partial charge in [0.1, 0.15) is 5.75 Å². The van der Waals surface area contributed by atoms with Crippen LogP contribution in [0.1, 0.15) is 37.7 Å². The van der Waals surface area contributed by atoms with Crippen molar-refractivity contribution in [3.63, 3.8) is 0 Å². The molecule has 1 saturated carbocycles. The Morgan fingerprint density at radius 3 is 2.90 bits per heavy atom. The van der Waals surface area contributed by atoms with Gasteiger partial charge in [0.15, 0.2) is 0 Å². The minimum Gasteiger partial charge on any atom is -0.497 e. The molecule has 0 aromatic heterocycles. The van der Waals surface area contributed by atoms with E-state index in [2.05, 4.69) is 18.2 Å². The summed E-state index contributed by atoms with van der Waals surface area (Å²) in [6.07, 6.45) is 5.52. The molecule has 1 amide bonds. The van der Waals surface area contributed by atoms with Crippen molar-refractivity contribution in [3.8, 4) is 5.75 Å². The van der Waals surface area contributed by atoms with E-state index in [0.29, 0.717) is 5.91 Å². The lowest BCUT2D eigenvalue weighted by molar-refractivity contribution is -0.134. The van der Waals surface area contributed by atoms with E-state index >= 15 is 0 Å². The van der Waals surface area contributed by atoms with Crippen molar-refractivity contribution in [2.24, 2.45) is 5.92 Å². The SMILES string of the molecule is COc1cccc([C@@]23CCC[C@@H]2C(=O)N(C)CCC3)c1. The third kappa shape index (κ3) is 2.00. The Kier molecular flexibility index (Phi) is 3.45. The van der Waals surface area contributed by atoms with Crippen molar-refractivity contribution >= 4 is 5.91 Å². The molecule has 2 atom stereocenters. The zero-order valence-corrected chi connectivity index (χ0v) is 12.4. The summed E-state index contributed by atoms with van der Waals surface area (Å²) in [6, 6.07) is 8.35. The van der Waals surface area contributed by atoms with Gasteiger partial charge in [0.25, 0.3) is 0 Å². The monoisotopic (exact) mass is 273 g/mol. The summed E-state index contributed by atoms with van der Waals surface area (Å²) in [7, 11) is 3.65. The number of likely N-dealkylation sites (tertiary alicyclic amines) is 1. The number of carbonyl (C=O) groups excluding carboxylic acids is 1. The second-order valence-electron chi connectivity index (χ2n) is 6.20. The van der Waals surface area contributed by atoms with Crippen molar-refractivity contribution in [1.29, 1.82) is 0 Å². The first-order valence-electron chi connectivity index (χ1n) is 7.57. The molecular weight excluding hydrogens is 250 g/mol. The third-order valence-corrected chi connectivity index (χ3v) is 5.22. The first-order chi connectivity index (χ1) is 9.67. The maximum atomic E-state index is 12.7. The number of fused-ring (bicyclic) bond motifs is 1. The molecule has 1 aromatic rings. The van der Waals surface area contributed by atoms with Crippen LogP contribution < -0.4 is 4.74 Å². The van der Waals surface area contributed by atoms with Crippen LogP contribution in [0.15, 0.2) is 24.3 Å². The highest BCUT2D eigenvalue weighted by Crippen LogP contribution is 2.51. The van der Waals surface area contributed by atoms with Crippen molar-refractivity contribution in [2.45, 2.75) is 37.5 Å².